The first kappa shape index (κ1) is 22.6. The highest BCUT2D eigenvalue weighted by molar-refractivity contribution is 7.92. The molecule has 0 fully saturated rings. The third kappa shape index (κ3) is 5.76. The number of anilines is 4. The summed E-state index contributed by atoms with van der Waals surface area (Å²) in [5.74, 6) is -0.0522. The lowest BCUT2D eigenvalue weighted by Gasteiger charge is -2.15. The van der Waals surface area contributed by atoms with Crippen molar-refractivity contribution < 1.29 is 22.7 Å². The van der Waals surface area contributed by atoms with Gasteiger partial charge in [-0.05, 0) is 42.5 Å². The third-order valence-corrected chi connectivity index (χ3v) is 5.61. The van der Waals surface area contributed by atoms with Gasteiger partial charge >= 0.3 is 6.03 Å². The summed E-state index contributed by atoms with van der Waals surface area (Å²) < 4.78 is 33.6. The minimum atomic E-state index is -4.04. The number of nitrogens with one attached hydrogen (secondary N) is 4. The Kier molecular flexibility index (Phi) is 6.96. The maximum atomic E-state index is 13.0. The molecular weight excluding hydrogens is 432 g/mol. The van der Waals surface area contributed by atoms with Crippen molar-refractivity contribution >= 4 is 44.7 Å². The number of hydrogen-bond donors (Lipinski definition) is 4. The van der Waals surface area contributed by atoms with Crippen LogP contribution in [0.1, 0.15) is 6.92 Å². The first-order valence-electron chi connectivity index (χ1n) is 9.49. The quantitative estimate of drug-likeness (QED) is 0.428. The van der Waals surface area contributed by atoms with Gasteiger partial charge in [0.15, 0.2) is 0 Å². The first-order valence-corrected chi connectivity index (χ1v) is 11.0. The highest BCUT2D eigenvalue weighted by Gasteiger charge is 2.19. The molecule has 10 heteroatoms. The molecule has 0 saturated carbocycles. The van der Waals surface area contributed by atoms with Gasteiger partial charge in [-0.2, -0.15) is 0 Å². The molecule has 0 radical (unpaired) electrons. The molecule has 3 rings (SSSR count). The van der Waals surface area contributed by atoms with Crippen LogP contribution in [0.3, 0.4) is 0 Å². The van der Waals surface area contributed by atoms with Gasteiger partial charge in [-0.15, -0.1) is 0 Å². The predicted molar refractivity (Wildman–Crippen MR) is 124 cm³/mol. The standard InChI is InChI=1S/C22H22N4O5S/c1-15(27)23-20-14-17(12-13-21(20)31-2)32(29,30)26-19-11-7-6-10-18(19)25-22(28)24-16-8-4-3-5-9-16/h3-14,26H,1-2H3,(H,23,27)(H2,24,25,28). The Morgan fingerprint density at radius 3 is 2.09 bits per heavy atom. The highest BCUT2D eigenvalue weighted by Crippen LogP contribution is 2.30. The van der Waals surface area contributed by atoms with E-state index in [0.29, 0.717) is 11.4 Å². The molecule has 3 aromatic carbocycles. The number of methoxy groups -OCH3 is 1. The molecule has 0 atom stereocenters. The summed E-state index contributed by atoms with van der Waals surface area (Å²) in [5.41, 5.74) is 1.25. The molecule has 0 bridgehead atoms. The van der Waals surface area contributed by atoms with Gasteiger partial charge in [-0.25, -0.2) is 13.2 Å². The molecule has 0 aliphatic carbocycles. The van der Waals surface area contributed by atoms with E-state index < -0.39 is 16.1 Å². The Morgan fingerprint density at radius 1 is 0.781 bits per heavy atom. The fraction of sp³-hybridized carbons (Fsp3) is 0.0909. The summed E-state index contributed by atoms with van der Waals surface area (Å²) in [6.07, 6.45) is 0. The summed E-state index contributed by atoms with van der Waals surface area (Å²) in [6.45, 7) is 1.31. The van der Waals surface area contributed by atoms with Crippen molar-refractivity contribution in [1.82, 2.24) is 0 Å². The van der Waals surface area contributed by atoms with Gasteiger partial charge < -0.3 is 20.7 Å². The maximum Gasteiger partial charge on any atom is 0.323 e. The van der Waals surface area contributed by atoms with Crippen LogP contribution < -0.4 is 25.4 Å². The smallest absolute Gasteiger partial charge is 0.323 e. The zero-order chi connectivity index (χ0) is 23.1. The molecule has 4 N–H and O–H groups in total. The molecule has 32 heavy (non-hydrogen) atoms. The normalized spacial score (nSPS) is 10.7. The van der Waals surface area contributed by atoms with E-state index in [1.165, 1.54) is 38.3 Å². The van der Waals surface area contributed by atoms with Crippen LogP contribution in [0.15, 0.2) is 77.7 Å². The number of carbonyl (C=O) groups is 2. The van der Waals surface area contributed by atoms with Crippen molar-refractivity contribution in [2.24, 2.45) is 0 Å². The number of hydrogen-bond acceptors (Lipinski definition) is 5. The monoisotopic (exact) mass is 454 g/mol. The minimum absolute atomic E-state index is 0.0920. The van der Waals surface area contributed by atoms with Crippen LogP contribution in [0, 0.1) is 0 Å². The van der Waals surface area contributed by atoms with Crippen LogP contribution in [0.2, 0.25) is 0 Å². The number of ether oxygens (including phenoxy) is 1. The topological polar surface area (TPSA) is 126 Å². The lowest BCUT2D eigenvalue weighted by molar-refractivity contribution is -0.114. The van der Waals surface area contributed by atoms with Gasteiger partial charge in [0.1, 0.15) is 5.75 Å². The third-order valence-electron chi connectivity index (χ3n) is 4.24. The van der Waals surface area contributed by atoms with Gasteiger partial charge in [-0.3, -0.25) is 9.52 Å². The molecule has 9 nitrogen and oxygen atoms in total. The van der Waals surface area contributed by atoms with Crippen LogP contribution in [0.25, 0.3) is 0 Å². The molecule has 0 aliphatic rings. The zero-order valence-electron chi connectivity index (χ0n) is 17.4. The second-order valence-electron chi connectivity index (χ2n) is 6.64. The molecular formula is C22H22N4O5S. The summed E-state index contributed by atoms with van der Waals surface area (Å²) in [7, 11) is -2.63. The van der Waals surface area contributed by atoms with Crippen LogP contribution in [0.4, 0.5) is 27.5 Å². The van der Waals surface area contributed by atoms with Crippen LogP contribution in [0.5, 0.6) is 5.75 Å². The number of carbonyl (C=O) groups excluding carboxylic acids is 2. The van der Waals surface area contributed by atoms with E-state index in [4.69, 9.17) is 4.74 Å². The first-order chi connectivity index (χ1) is 15.3. The maximum absolute atomic E-state index is 13.0. The fourth-order valence-corrected chi connectivity index (χ4v) is 3.94. The average Bonchev–Trinajstić information content (AvgIpc) is 2.75. The Morgan fingerprint density at radius 2 is 1.44 bits per heavy atom. The molecule has 0 unspecified atom stereocenters. The van der Waals surface area contributed by atoms with Crippen molar-refractivity contribution in [2.45, 2.75) is 11.8 Å². The van der Waals surface area contributed by atoms with E-state index >= 15 is 0 Å². The SMILES string of the molecule is COc1ccc(S(=O)(=O)Nc2ccccc2NC(=O)Nc2ccccc2)cc1NC(C)=O. The molecule has 0 aromatic heterocycles. The number of para-hydroxylation sites is 3. The summed E-state index contributed by atoms with van der Waals surface area (Å²) >= 11 is 0. The number of amides is 3. The van der Waals surface area contributed by atoms with Crippen molar-refractivity contribution in [3.05, 3.63) is 72.8 Å². The number of sulfonamides is 1. The van der Waals surface area contributed by atoms with E-state index in [2.05, 4.69) is 20.7 Å². The molecule has 0 spiro atoms. The lowest BCUT2D eigenvalue weighted by atomic mass is 10.3. The average molecular weight is 455 g/mol. The largest absolute Gasteiger partial charge is 0.495 e. The van der Waals surface area contributed by atoms with Gasteiger partial charge in [0.2, 0.25) is 5.91 Å². The second kappa shape index (κ2) is 9.84. The van der Waals surface area contributed by atoms with Crippen LogP contribution >= 0.6 is 0 Å². The molecule has 0 heterocycles. The summed E-state index contributed by atoms with van der Waals surface area (Å²) in [6, 6.07) is 18.8. The Bertz CT molecular complexity index is 1230. The van der Waals surface area contributed by atoms with Crippen LogP contribution in [-0.4, -0.2) is 27.5 Å². The van der Waals surface area contributed by atoms with E-state index in [0.717, 1.165) is 0 Å². The van der Waals surface area contributed by atoms with E-state index in [1.807, 2.05) is 6.07 Å². The molecule has 3 amide bonds. The van der Waals surface area contributed by atoms with Crippen molar-refractivity contribution in [3.8, 4) is 5.75 Å². The molecule has 0 saturated heterocycles. The Hall–Kier alpha value is -4.05. The molecule has 0 aliphatic heterocycles. The summed E-state index contributed by atoms with van der Waals surface area (Å²) in [5, 5.41) is 7.84. The van der Waals surface area contributed by atoms with Gasteiger partial charge in [0.05, 0.1) is 29.1 Å². The van der Waals surface area contributed by atoms with Crippen molar-refractivity contribution in [3.63, 3.8) is 0 Å². The molecule has 166 valence electrons. The number of urea groups is 1. The second-order valence-corrected chi connectivity index (χ2v) is 8.32. The minimum Gasteiger partial charge on any atom is -0.495 e. The summed E-state index contributed by atoms with van der Waals surface area (Å²) in [4.78, 5) is 23.7. The number of benzene rings is 3. The highest BCUT2D eigenvalue weighted by atomic mass is 32.2. The van der Waals surface area contributed by atoms with Crippen LogP contribution in [-0.2, 0) is 14.8 Å². The van der Waals surface area contributed by atoms with E-state index in [1.54, 1.807) is 42.5 Å². The van der Waals surface area contributed by atoms with Gasteiger partial charge in [0, 0.05) is 12.6 Å². The Balaban J connectivity index is 1.82. The van der Waals surface area contributed by atoms with Gasteiger partial charge in [0.25, 0.3) is 10.0 Å². The van der Waals surface area contributed by atoms with Crippen molar-refractivity contribution in [2.75, 3.05) is 27.8 Å². The van der Waals surface area contributed by atoms with Crippen molar-refractivity contribution in [1.29, 1.82) is 0 Å². The fourth-order valence-electron chi connectivity index (χ4n) is 2.83. The zero-order valence-corrected chi connectivity index (χ0v) is 18.2. The molecule has 3 aromatic rings. The van der Waals surface area contributed by atoms with E-state index in [-0.39, 0.29) is 27.9 Å². The lowest BCUT2D eigenvalue weighted by Crippen LogP contribution is -2.21. The number of rotatable bonds is 7. The van der Waals surface area contributed by atoms with Gasteiger partial charge in [-0.1, -0.05) is 30.3 Å². The Labute approximate surface area is 185 Å². The van der Waals surface area contributed by atoms with E-state index in [9.17, 15) is 18.0 Å². The predicted octanol–water partition coefficient (Wildman–Crippen LogP) is 4.10.